The van der Waals surface area contributed by atoms with Gasteiger partial charge in [-0.1, -0.05) is 33.1 Å². The predicted molar refractivity (Wildman–Crippen MR) is 189 cm³/mol. The molecule has 1 aliphatic heterocycles. The lowest BCUT2D eigenvalue weighted by atomic mass is 9.87. The maximum Gasteiger partial charge on any atom is 0.481 e. The Hall–Kier alpha value is -2.11. The van der Waals surface area contributed by atoms with E-state index >= 15 is 0 Å². The van der Waals surface area contributed by atoms with E-state index in [1.54, 1.807) is 0 Å². The van der Waals surface area contributed by atoms with Crippen LogP contribution in [-0.4, -0.2) is 123 Å². The minimum Gasteiger partial charge on any atom is -0.386 e. The lowest BCUT2D eigenvalue weighted by Gasteiger charge is -2.30. The van der Waals surface area contributed by atoms with Crippen LogP contribution in [0.15, 0.2) is 12.7 Å². The Morgan fingerprint density at radius 1 is 1.06 bits per heavy atom. The Morgan fingerprint density at radius 2 is 1.74 bits per heavy atom. The van der Waals surface area contributed by atoms with E-state index in [-0.39, 0.29) is 35.9 Å². The number of thioether (sulfide) groups is 1. The van der Waals surface area contributed by atoms with Crippen LogP contribution < -0.4 is 16.4 Å². The highest BCUT2D eigenvalue weighted by Crippen LogP contribution is 2.61. The highest BCUT2D eigenvalue weighted by molar-refractivity contribution is 7.99. The molecule has 2 fully saturated rings. The standard InChI is InChI=1S/C27H46N7O16P3S/c1-27(2,22(37)25(38)30-9-8-18(35)29-10-11-54-16-6-4-3-5-7-16)13-47-53(44,45)50-52(42,43)46-12-17-21(49-51(39,40)41)20(36)26(48-17)34-15-33-19-23(28)31-14-32-24(19)34/h14-17,20-22,26,36-37H,3-13H2,1-2H3,(H,29,35)(H,30,38)(H,42,43)(H,44,45)(H2,28,31,32)(H2,39,40,41)/t17-,20-,21-,22?,26-/m1/s1. The van der Waals surface area contributed by atoms with Crippen molar-refractivity contribution in [3.05, 3.63) is 12.7 Å². The smallest absolute Gasteiger partial charge is 0.386 e. The molecule has 306 valence electrons. The molecule has 0 bridgehead atoms. The fourth-order valence-electron chi connectivity index (χ4n) is 5.59. The summed E-state index contributed by atoms with van der Waals surface area (Å²) in [5.74, 6) is -0.468. The van der Waals surface area contributed by atoms with Crippen molar-refractivity contribution in [3.8, 4) is 0 Å². The zero-order valence-electron chi connectivity index (χ0n) is 29.3. The number of rotatable bonds is 20. The molecule has 2 aromatic rings. The molecule has 0 aromatic carbocycles. The molecule has 23 nitrogen and oxygen atoms in total. The lowest BCUT2D eigenvalue weighted by Crippen LogP contribution is -2.46. The second-order valence-electron chi connectivity index (χ2n) is 13.2. The van der Waals surface area contributed by atoms with Crippen molar-refractivity contribution in [2.24, 2.45) is 5.41 Å². The van der Waals surface area contributed by atoms with Crippen LogP contribution >= 0.6 is 35.2 Å². The number of aliphatic hydroxyl groups is 2. The molecule has 2 aromatic heterocycles. The molecule has 3 heterocycles. The number of nitrogens with two attached hydrogens (primary N) is 1. The number of fused-ring (bicyclic) bond motifs is 1. The van der Waals surface area contributed by atoms with Crippen molar-refractivity contribution in [1.29, 1.82) is 0 Å². The summed E-state index contributed by atoms with van der Waals surface area (Å²) in [7, 11) is -16.3. The van der Waals surface area contributed by atoms with Gasteiger partial charge in [-0.2, -0.15) is 16.1 Å². The Kier molecular flexibility index (Phi) is 15.6. The number of anilines is 1. The summed E-state index contributed by atoms with van der Waals surface area (Å²) < 4.78 is 62.2. The van der Waals surface area contributed by atoms with Crippen LogP contribution in [-0.2, 0) is 45.9 Å². The van der Waals surface area contributed by atoms with Crippen LogP contribution in [0.3, 0.4) is 0 Å². The molecule has 1 saturated heterocycles. The summed E-state index contributed by atoms with van der Waals surface area (Å²) in [4.78, 5) is 75.7. The number of phosphoric acid groups is 3. The number of imidazole rings is 1. The quantitative estimate of drug-likeness (QED) is 0.0646. The molecule has 10 N–H and O–H groups in total. The summed E-state index contributed by atoms with van der Waals surface area (Å²) in [6, 6.07) is 0. The number of nitrogen functional groups attached to an aromatic ring is 1. The molecule has 1 saturated carbocycles. The van der Waals surface area contributed by atoms with Crippen LogP contribution in [0.4, 0.5) is 5.82 Å². The molecule has 54 heavy (non-hydrogen) atoms. The van der Waals surface area contributed by atoms with Gasteiger partial charge in [0, 0.05) is 35.9 Å². The zero-order valence-corrected chi connectivity index (χ0v) is 32.8. The zero-order chi connectivity index (χ0) is 39.9. The van der Waals surface area contributed by atoms with Crippen molar-refractivity contribution < 1.29 is 75.7 Å². The molecule has 0 spiro atoms. The van der Waals surface area contributed by atoms with Gasteiger partial charge in [0.2, 0.25) is 11.8 Å². The van der Waals surface area contributed by atoms with Gasteiger partial charge < -0.3 is 50.9 Å². The number of hydrogen-bond donors (Lipinski definition) is 9. The highest BCUT2D eigenvalue weighted by Gasteiger charge is 2.50. The minimum atomic E-state index is -5.54. The van der Waals surface area contributed by atoms with Crippen molar-refractivity contribution >= 4 is 64.0 Å². The molecule has 2 aliphatic rings. The van der Waals surface area contributed by atoms with Gasteiger partial charge >= 0.3 is 23.5 Å². The summed E-state index contributed by atoms with van der Waals surface area (Å²) in [5, 5.41) is 27.2. The molecule has 7 atom stereocenters. The van der Waals surface area contributed by atoms with Crippen LogP contribution in [0.1, 0.15) is 58.6 Å². The molecular weight excluding hydrogens is 803 g/mol. The maximum absolute atomic E-state index is 12.7. The van der Waals surface area contributed by atoms with E-state index in [9.17, 15) is 53.1 Å². The van der Waals surface area contributed by atoms with Crippen molar-refractivity contribution in [1.82, 2.24) is 30.2 Å². The molecule has 1 aliphatic carbocycles. The van der Waals surface area contributed by atoms with E-state index in [0.29, 0.717) is 11.8 Å². The number of carbonyl (C=O) groups excluding carboxylic acids is 2. The molecule has 2 amide bonds. The average Bonchev–Trinajstić information content (AvgIpc) is 3.65. The first-order chi connectivity index (χ1) is 25.2. The highest BCUT2D eigenvalue weighted by atomic mass is 32.2. The molecule has 3 unspecified atom stereocenters. The third-order valence-corrected chi connectivity index (χ3v) is 12.9. The van der Waals surface area contributed by atoms with Gasteiger partial charge in [0.1, 0.15) is 36.3 Å². The number of carbonyl (C=O) groups is 2. The van der Waals surface area contributed by atoms with Gasteiger partial charge in [-0.15, -0.1) is 0 Å². The fraction of sp³-hybridized carbons (Fsp3) is 0.741. The molecule has 4 rings (SSSR count). The van der Waals surface area contributed by atoms with E-state index in [4.69, 9.17) is 19.5 Å². The maximum atomic E-state index is 12.7. The van der Waals surface area contributed by atoms with Crippen LogP contribution in [0, 0.1) is 5.41 Å². The SMILES string of the molecule is CC(C)(COP(=O)(O)OP(=O)(O)OC[C@H]1O[C@@H](n2cnc3c(N)ncnc32)[C@H](O)[C@@H]1OP(=O)(O)O)C(O)C(=O)NCCC(=O)NCCSC1CCCCC1. The first-order valence-electron chi connectivity index (χ1n) is 16.7. The normalized spacial score (nSPS) is 24.1. The number of aromatic nitrogens is 4. The van der Waals surface area contributed by atoms with E-state index < -0.39 is 78.6 Å². The molecule has 0 radical (unpaired) electrons. The topological polar surface area (TPSA) is 347 Å². The number of ether oxygens (including phenoxy) is 1. The van der Waals surface area contributed by atoms with E-state index in [1.165, 1.54) is 46.0 Å². The second kappa shape index (κ2) is 18.9. The number of nitrogens with one attached hydrogen (secondary N) is 2. The molecule has 27 heteroatoms. The lowest BCUT2D eigenvalue weighted by molar-refractivity contribution is -0.137. The summed E-state index contributed by atoms with van der Waals surface area (Å²) in [5.41, 5.74) is 4.33. The minimum absolute atomic E-state index is 0.0325. The summed E-state index contributed by atoms with van der Waals surface area (Å²) in [6.45, 7) is 0.985. The van der Waals surface area contributed by atoms with Gasteiger partial charge in [0.15, 0.2) is 17.7 Å². The third kappa shape index (κ3) is 13.0. The van der Waals surface area contributed by atoms with Crippen LogP contribution in [0.2, 0.25) is 0 Å². The fourth-order valence-corrected chi connectivity index (χ4v) is 9.64. The average molecular weight is 850 g/mol. The van der Waals surface area contributed by atoms with Crippen molar-refractivity contribution in [2.75, 3.05) is 37.8 Å². The van der Waals surface area contributed by atoms with E-state index in [1.807, 2.05) is 11.8 Å². The number of nitrogens with zero attached hydrogens (tertiary/aromatic N) is 4. The Labute approximate surface area is 313 Å². The second-order valence-corrected chi connectivity index (χ2v) is 18.8. The summed E-state index contributed by atoms with van der Waals surface area (Å²) >= 11 is 1.83. The van der Waals surface area contributed by atoms with Crippen LogP contribution in [0.25, 0.3) is 11.2 Å². The Balaban J connectivity index is 1.24. The number of hydrogen-bond acceptors (Lipinski definition) is 17. The third-order valence-electron chi connectivity index (χ3n) is 8.41. The van der Waals surface area contributed by atoms with Gasteiger partial charge in [-0.25, -0.2) is 28.6 Å². The summed E-state index contributed by atoms with van der Waals surface area (Å²) in [6.07, 6.45) is -0.597. The van der Waals surface area contributed by atoms with Crippen molar-refractivity contribution in [2.45, 2.75) is 88.3 Å². The van der Waals surface area contributed by atoms with E-state index in [0.717, 1.165) is 23.0 Å². The van der Waals surface area contributed by atoms with Gasteiger partial charge in [-0.3, -0.25) is 27.7 Å². The van der Waals surface area contributed by atoms with Gasteiger partial charge in [-0.05, 0) is 12.8 Å². The number of aliphatic hydroxyl groups excluding tert-OH is 2. The van der Waals surface area contributed by atoms with Crippen LogP contribution in [0.5, 0.6) is 0 Å². The van der Waals surface area contributed by atoms with Crippen molar-refractivity contribution in [3.63, 3.8) is 0 Å². The first-order valence-corrected chi connectivity index (χ1v) is 22.3. The van der Waals surface area contributed by atoms with Gasteiger partial charge in [0.25, 0.3) is 0 Å². The largest absolute Gasteiger partial charge is 0.481 e. The number of amides is 2. The molecular formula is C27H46N7O16P3S. The Bertz CT molecular complexity index is 1740. The Morgan fingerprint density at radius 3 is 2.43 bits per heavy atom. The first kappa shape index (κ1) is 44.6. The van der Waals surface area contributed by atoms with E-state index in [2.05, 4.69) is 34.4 Å². The number of phosphoric ester groups is 3. The monoisotopic (exact) mass is 849 g/mol. The van der Waals surface area contributed by atoms with Gasteiger partial charge in [0.05, 0.1) is 19.5 Å². The predicted octanol–water partition coefficient (Wildman–Crippen LogP) is 0.471.